The molecule has 0 aliphatic carbocycles. The fourth-order valence-corrected chi connectivity index (χ4v) is 2.19. The van der Waals surface area contributed by atoms with Crippen LogP contribution in [0.5, 0.6) is 0 Å². The summed E-state index contributed by atoms with van der Waals surface area (Å²) in [6, 6.07) is 3.86. The Hall–Kier alpha value is -2.35. The van der Waals surface area contributed by atoms with E-state index < -0.39 is 0 Å². The Balaban J connectivity index is 1.87. The van der Waals surface area contributed by atoms with Crippen LogP contribution in [0.4, 0.5) is 11.8 Å². The lowest BCUT2D eigenvalue weighted by atomic mass is 10.3. The molecule has 107 valence electrons. The van der Waals surface area contributed by atoms with E-state index in [0.29, 0.717) is 41.8 Å². The normalized spacial score (nSPS) is 10.9. The third-order valence-corrected chi connectivity index (χ3v) is 3.18. The van der Waals surface area contributed by atoms with E-state index in [0.717, 1.165) is 5.56 Å². The number of imidazole rings is 1. The van der Waals surface area contributed by atoms with Gasteiger partial charge in [-0.15, -0.1) is 0 Å². The summed E-state index contributed by atoms with van der Waals surface area (Å²) < 4.78 is 1.88. The fraction of sp³-hybridized carbons (Fsp3) is 0.231. The average Bonchev–Trinajstić information content (AvgIpc) is 2.90. The van der Waals surface area contributed by atoms with Gasteiger partial charge in [0.2, 0.25) is 5.95 Å². The minimum atomic E-state index is 0.358. The van der Waals surface area contributed by atoms with Crippen molar-refractivity contribution in [3.05, 3.63) is 36.4 Å². The van der Waals surface area contributed by atoms with Crippen molar-refractivity contribution in [2.75, 3.05) is 16.8 Å². The highest BCUT2D eigenvalue weighted by Crippen LogP contribution is 2.18. The Morgan fingerprint density at radius 2 is 2.24 bits per heavy atom. The summed E-state index contributed by atoms with van der Waals surface area (Å²) in [5.74, 6) is 1.42. The van der Waals surface area contributed by atoms with E-state index in [2.05, 4.69) is 25.3 Å². The van der Waals surface area contributed by atoms with Gasteiger partial charge in [-0.3, -0.25) is 4.98 Å². The van der Waals surface area contributed by atoms with Gasteiger partial charge in [0.25, 0.3) is 0 Å². The number of fused-ring (bicyclic) bond motifs is 1. The lowest BCUT2D eigenvalue weighted by Gasteiger charge is -2.07. The summed E-state index contributed by atoms with van der Waals surface area (Å²) in [6.45, 7) is 1.25. The molecule has 0 amide bonds. The molecule has 0 aliphatic rings. The zero-order valence-corrected chi connectivity index (χ0v) is 12.0. The van der Waals surface area contributed by atoms with Crippen LogP contribution in [-0.4, -0.2) is 30.3 Å². The molecule has 0 fully saturated rings. The van der Waals surface area contributed by atoms with Crippen LogP contribution in [-0.2, 0) is 13.1 Å². The van der Waals surface area contributed by atoms with E-state index in [9.17, 15) is 0 Å². The zero-order chi connectivity index (χ0) is 14.7. The molecule has 0 aromatic carbocycles. The number of nitrogen functional groups attached to an aromatic ring is 1. The minimum absolute atomic E-state index is 0.358. The van der Waals surface area contributed by atoms with Crippen molar-refractivity contribution in [1.82, 2.24) is 24.5 Å². The highest BCUT2D eigenvalue weighted by Gasteiger charge is 2.10. The van der Waals surface area contributed by atoms with Gasteiger partial charge in [-0.1, -0.05) is 18.7 Å². The van der Waals surface area contributed by atoms with Crippen molar-refractivity contribution in [2.24, 2.45) is 0 Å². The SMILES string of the molecule is Nc1nc(NCc2cccnc2)nc2c1ncn2CC[S]. The summed E-state index contributed by atoms with van der Waals surface area (Å²) >= 11 is 5.00. The first-order valence-corrected chi connectivity index (χ1v) is 7.05. The summed E-state index contributed by atoms with van der Waals surface area (Å²) in [4.78, 5) is 17.0. The zero-order valence-electron chi connectivity index (χ0n) is 11.2. The summed E-state index contributed by atoms with van der Waals surface area (Å²) in [5, 5.41) is 3.14. The second kappa shape index (κ2) is 5.96. The summed E-state index contributed by atoms with van der Waals surface area (Å²) in [6.07, 6.45) is 5.21. The Bertz CT molecular complexity index is 741. The monoisotopic (exact) mass is 300 g/mol. The molecule has 1 radical (unpaired) electrons. The van der Waals surface area contributed by atoms with Crippen molar-refractivity contribution in [3.8, 4) is 0 Å². The van der Waals surface area contributed by atoms with Crippen LogP contribution >= 0.6 is 12.6 Å². The molecular weight excluding hydrogens is 286 g/mol. The number of anilines is 2. The van der Waals surface area contributed by atoms with E-state index in [1.54, 1.807) is 18.7 Å². The molecule has 0 saturated heterocycles. The molecule has 3 aromatic heterocycles. The molecule has 0 spiro atoms. The quantitative estimate of drug-likeness (QED) is 0.743. The highest BCUT2D eigenvalue weighted by molar-refractivity contribution is 7.80. The van der Waals surface area contributed by atoms with Gasteiger partial charge >= 0.3 is 0 Å². The van der Waals surface area contributed by atoms with Crippen molar-refractivity contribution in [1.29, 1.82) is 0 Å². The second-order valence-electron chi connectivity index (χ2n) is 4.46. The summed E-state index contributed by atoms with van der Waals surface area (Å²) in [5.41, 5.74) is 8.27. The predicted octanol–water partition coefficient (Wildman–Crippen LogP) is 1.61. The van der Waals surface area contributed by atoms with Gasteiger partial charge in [-0.25, -0.2) is 4.98 Å². The van der Waals surface area contributed by atoms with Crippen LogP contribution in [0.1, 0.15) is 5.56 Å². The number of hydrogen-bond donors (Lipinski definition) is 2. The van der Waals surface area contributed by atoms with Gasteiger partial charge < -0.3 is 15.6 Å². The van der Waals surface area contributed by atoms with E-state index in [1.807, 2.05) is 16.7 Å². The molecule has 3 heterocycles. The number of aromatic nitrogens is 5. The molecular formula is C13H14N7S. The lowest BCUT2D eigenvalue weighted by molar-refractivity contribution is 0.788. The maximum atomic E-state index is 5.93. The molecule has 0 bridgehead atoms. The van der Waals surface area contributed by atoms with Crippen LogP contribution in [0.2, 0.25) is 0 Å². The van der Waals surface area contributed by atoms with E-state index in [-0.39, 0.29) is 0 Å². The molecule has 0 aliphatic heterocycles. The van der Waals surface area contributed by atoms with E-state index in [4.69, 9.17) is 18.4 Å². The Labute approximate surface area is 127 Å². The maximum absolute atomic E-state index is 5.93. The maximum Gasteiger partial charge on any atom is 0.227 e. The number of hydrogen-bond acceptors (Lipinski definition) is 6. The third kappa shape index (κ3) is 2.89. The lowest BCUT2D eigenvalue weighted by Crippen LogP contribution is -2.07. The third-order valence-electron chi connectivity index (χ3n) is 3.00. The smallest absolute Gasteiger partial charge is 0.227 e. The number of aryl methyl sites for hydroxylation is 1. The van der Waals surface area contributed by atoms with E-state index in [1.165, 1.54) is 0 Å². The molecule has 0 unspecified atom stereocenters. The van der Waals surface area contributed by atoms with Gasteiger partial charge in [0.05, 0.1) is 6.33 Å². The molecule has 3 N–H and O–H groups in total. The van der Waals surface area contributed by atoms with Crippen LogP contribution in [0.25, 0.3) is 11.2 Å². The van der Waals surface area contributed by atoms with Crippen LogP contribution in [0.3, 0.4) is 0 Å². The van der Waals surface area contributed by atoms with Crippen molar-refractivity contribution in [3.63, 3.8) is 0 Å². The van der Waals surface area contributed by atoms with Crippen LogP contribution in [0, 0.1) is 0 Å². The highest BCUT2D eigenvalue weighted by atomic mass is 32.1. The first kappa shape index (κ1) is 13.6. The average molecular weight is 300 g/mol. The topological polar surface area (TPSA) is 94.5 Å². The number of nitrogens with zero attached hydrogens (tertiary/aromatic N) is 5. The van der Waals surface area contributed by atoms with Crippen molar-refractivity contribution >= 4 is 35.6 Å². The number of nitrogens with one attached hydrogen (secondary N) is 1. The van der Waals surface area contributed by atoms with E-state index >= 15 is 0 Å². The minimum Gasteiger partial charge on any atom is -0.382 e. The van der Waals surface area contributed by atoms with Gasteiger partial charge in [-0.2, -0.15) is 9.97 Å². The Kier molecular flexibility index (Phi) is 3.87. The van der Waals surface area contributed by atoms with Crippen molar-refractivity contribution < 1.29 is 0 Å². The molecule has 3 rings (SSSR count). The Morgan fingerprint density at radius 3 is 3.00 bits per heavy atom. The number of pyridine rings is 1. The molecule has 8 heteroatoms. The first-order chi connectivity index (χ1) is 10.3. The van der Waals surface area contributed by atoms with Gasteiger partial charge in [0.1, 0.15) is 5.52 Å². The molecule has 0 saturated carbocycles. The van der Waals surface area contributed by atoms with Crippen molar-refractivity contribution in [2.45, 2.75) is 13.1 Å². The Morgan fingerprint density at radius 1 is 1.33 bits per heavy atom. The first-order valence-electron chi connectivity index (χ1n) is 6.47. The largest absolute Gasteiger partial charge is 0.382 e. The fourth-order valence-electron chi connectivity index (χ4n) is 1.99. The second-order valence-corrected chi connectivity index (χ2v) is 4.87. The summed E-state index contributed by atoms with van der Waals surface area (Å²) in [7, 11) is 0. The van der Waals surface area contributed by atoms with Crippen LogP contribution < -0.4 is 11.1 Å². The molecule has 7 nitrogen and oxygen atoms in total. The molecule has 0 atom stereocenters. The van der Waals surface area contributed by atoms with Crippen LogP contribution in [0.15, 0.2) is 30.9 Å². The standard InChI is InChI=1S/C13H14N7S/c14-11-10-12(20(4-5-21)8-17-10)19-13(18-11)16-7-9-2-1-3-15-6-9/h1-3,6,8H,4-5,7H2,(H3,14,16,18,19). The number of rotatable bonds is 5. The predicted molar refractivity (Wildman–Crippen MR) is 83.8 cm³/mol. The van der Waals surface area contributed by atoms with Gasteiger partial charge in [0, 0.05) is 31.2 Å². The molecule has 3 aromatic rings. The molecule has 21 heavy (non-hydrogen) atoms. The van der Waals surface area contributed by atoms with Gasteiger partial charge in [0.15, 0.2) is 11.5 Å². The van der Waals surface area contributed by atoms with Gasteiger partial charge in [-0.05, 0) is 11.6 Å². The number of nitrogens with two attached hydrogens (primary N) is 1.